The van der Waals surface area contributed by atoms with E-state index in [-0.39, 0.29) is 5.54 Å². The fraction of sp³-hybridized carbons (Fsp3) is 0.812. The molecule has 20 heavy (non-hydrogen) atoms. The highest BCUT2D eigenvalue weighted by Gasteiger charge is 2.34. The molecule has 4 heteroatoms. The number of hydrogen-bond donors (Lipinski definition) is 1. The summed E-state index contributed by atoms with van der Waals surface area (Å²) in [6, 6.07) is 0.776. The Bertz CT molecular complexity index is 462. The van der Waals surface area contributed by atoms with Crippen molar-refractivity contribution >= 4 is 16.5 Å². The lowest BCUT2D eigenvalue weighted by atomic mass is 10.0. The highest BCUT2D eigenvalue weighted by Crippen LogP contribution is 2.37. The third-order valence-electron chi connectivity index (χ3n) is 4.51. The third kappa shape index (κ3) is 3.01. The van der Waals surface area contributed by atoms with Crippen molar-refractivity contribution in [3.63, 3.8) is 0 Å². The van der Waals surface area contributed by atoms with Gasteiger partial charge in [0, 0.05) is 29.5 Å². The SMILES string of the molecule is CCCc1nc(N2CCCC2(C)C)sc1CNC1CC1. The number of nitrogens with zero attached hydrogens (tertiary/aromatic N) is 2. The molecule has 3 rings (SSSR count). The topological polar surface area (TPSA) is 28.2 Å². The molecule has 1 saturated carbocycles. The smallest absolute Gasteiger partial charge is 0.186 e. The molecule has 0 unspecified atom stereocenters. The van der Waals surface area contributed by atoms with E-state index in [4.69, 9.17) is 4.98 Å². The van der Waals surface area contributed by atoms with Crippen molar-refractivity contribution in [1.82, 2.24) is 10.3 Å². The van der Waals surface area contributed by atoms with E-state index in [2.05, 4.69) is 31.0 Å². The number of rotatable bonds is 6. The van der Waals surface area contributed by atoms with Gasteiger partial charge in [0.1, 0.15) is 0 Å². The van der Waals surface area contributed by atoms with Gasteiger partial charge in [0.05, 0.1) is 5.69 Å². The Labute approximate surface area is 126 Å². The average Bonchev–Trinajstić information content (AvgIpc) is 3.05. The summed E-state index contributed by atoms with van der Waals surface area (Å²) in [6.45, 7) is 9.14. The molecular formula is C16H27N3S. The molecule has 2 aliphatic rings. The Morgan fingerprint density at radius 3 is 2.80 bits per heavy atom. The maximum absolute atomic E-state index is 4.98. The second-order valence-corrected chi connectivity index (χ2v) is 7.90. The highest BCUT2D eigenvalue weighted by molar-refractivity contribution is 7.15. The van der Waals surface area contributed by atoms with Gasteiger partial charge in [-0.1, -0.05) is 13.3 Å². The van der Waals surface area contributed by atoms with E-state index in [1.807, 2.05) is 11.3 Å². The van der Waals surface area contributed by atoms with Crippen LogP contribution in [0.5, 0.6) is 0 Å². The van der Waals surface area contributed by atoms with Crippen LogP contribution in [0.1, 0.15) is 63.4 Å². The van der Waals surface area contributed by atoms with E-state index in [1.54, 1.807) is 0 Å². The van der Waals surface area contributed by atoms with E-state index in [0.29, 0.717) is 0 Å². The van der Waals surface area contributed by atoms with Crippen molar-refractivity contribution in [2.75, 3.05) is 11.4 Å². The van der Waals surface area contributed by atoms with Gasteiger partial charge in [-0.2, -0.15) is 0 Å². The summed E-state index contributed by atoms with van der Waals surface area (Å²) in [4.78, 5) is 8.97. The van der Waals surface area contributed by atoms with Gasteiger partial charge in [-0.15, -0.1) is 11.3 Å². The number of thiazole rings is 1. The van der Waals surface area contributed by atoms with E-state index in [0.717, 1.165) is 19.0 Å². The average molecular weight is 293 g/mol. The summed E-state index contributed by atoms with van der Waals surface area (Å²) in [7, 11) is 0. The third-order valence-corrected chi connectivity index (χ3v) is 5.63. The molecule has 0 atom stereocenters. The quantitative estimate of drug-likeness (QED) is 0.866. The number of nitrogens with one attached hydrogen (secondary N) is 1. The van der Waals surface area contributed by atoms with Crippen molar-refractivity contribution in [3.8, 4) is 0 Å². The zero-order valence-electron chi connectivity index (χ0n) is 13.0. The predicted molar refractivity (Wildman–Crippen MR) is 86.6 cm³/mol. The van der Waals surface area contributed by atoms with Crippen LogP contribution in [-0.4, -0.2) is 23.1 Å². The molecular weight excluding hydrogens is 266 g/mol. The van der Waals surface area contributed by atoms with E-state index in [1.165, 1.54) is 54.4 Å². The predicted octanol–water partition coefficient (Wildman–Crippen LogP) is 3.73. The van der Waals surface area contributed by atoms with Gasteiger partial charge in [0.15, 0.2) is 5.13 Å². The molecule has 1 aliphatic carbocycles. The van der Waals surface area contributed by atoms with E-state index >= 15 is 0 Å². The largest absolute Gasteiger partial charge is 0.343 e. The van der Waals surface area contributed by atoms with Gasteiger partial charge in [0.2, 0.25) is 0 Å². The summed E-state index contributed by atoms with van der Waals surface area (Å²) in [5.41, 5.74) is 1.62. The fourth-order valence-corrected chi connectivity index (χ4v) is 4.29. The number of anilines is 1. The molecule has 0 radical (unpaired) electrons. The standard InChI is InChI=1S/C16H27N3S/c1-4-6-13-14(11-17-12-7-8-12)20-15(18-13)19-10-5-9-16(19,2)3/h12,17H,4-11H2,1-3H3. The lowest BCUT2D eigenvalue weighted by molar-refractivity contribution is 0.517. The Hall–Kier alpha value is -0.610. The lowest BCUT2D eigenvalue weighted by Gasteiger charge is -2.31. The van der Waals surface area contributed by atoms with Crippen LogP contribution in [-0.2, 0) is 13.0 Å². The minimum Gasteiger partial charge on any atom is -0.343 e. The van der Waals surface area contributed by atoms with Gasteiger partial charge in [-0.25, -0.2) is 4.98 Å². The van der Waals surface area contributed by atoms with Crippen molar-refractivity contribution in [1.29, 1.82) is 0 Å². The van der Waals surface area contributed by atoms with Crippen molar-refractivity contribution in [3.05, 3.63) is 10.6 Å². The first kappa shape index (κ1) is 14.3. The summed E-state index contributed by atoms with van der Waals surface area (Å²) in [5, 5.41) is 4.90. The van der Waals surface area contributed by atoms with Crippen LogP contribution in [0.25, 0.3) is 0 Å². The Balaban J connectivity index is 1.78. The van der Waals surface area contributed by atoms with Gasteiger partial charge >= 0.3 is 0 Å². The van der Waals surface area contributed by atoms with Crippen molar-refractivity contribution in [2.45, 2.75) is 77.4 Å². The molecule has 0 bridgehead atoms. The minimum absolute atomic E-state index is 0.280. The van der Waals surface area contributed by atoms with Gasteiger partial charge < -0.3 is 10.2 Å². The van der Waals surface area contributed by atoms with Gasteiger partial charge in [0.25, 0.3) is 0 Å². The van der Waals surface area contributed by atoms with Crippen LogP contribution < -0.4 is 10.2 Å². The first-order valence-corrected chi connectivity index (χ1v) is 8.91. The van der Waals surface area contributed by atoms with Crippen LogP contribution in [0.15, 0.2) is 0 Å². The second-order valence-electron chi connectivity index (χ2n) is 6.84. The molecule has 0 aromatic carbocycles. The molecule has 1 aliphatic heterocycles. The normalized spacial score (nSPS) is 21.6. The molecule has 3 nitrogen and oxygen atoms in total. The van der Waals surface area contributed by atoms with Gasteiger partial charge in [-0.3, -0.25) is 0 Å². The summed E-state index contributed by atoms with van der Waals surface area (Å²) in [5.74, 6) is 0. The molecule has 2 heterocycles. The molecule has 0 spiro atoms. The monoisotopic (exact) mass is 293 g/mol. The molecule has 1 aromatic rings. The van der Waals surface area contributed by atoms with Crippen molar-refractivity contribution in [2.24, 2.45) is 0 Å². The lowest BCUT2D eigenvalue weighted by Crippen LogP contribution is -2.38. The Morgan fingerprint density at radius 2 is 2.20 bits per heavy atom. The zero-order chi connectivity index (χ0) is 14.2. The minimum atomic E-state index is 0.280. The van der Waals surface area contributed by atoms with Crippen LogP contribution >= 0.6 is 11.3 Å². The molecule has 1 saturated heterocycles. The second kappa shape index (κ2) is 5.64. The summed E-state index contributed by atoms with van der Waals surface area (Å²) in [6.07, 6.45) is 7.59. The zero-order valence-corrected chi connectivity index (χ0v) is 13.9. The van der Waals surface area contributed by atoms with Crippen LogP contribution in [0, 0.1) is 0 Å². The molecule has 0 amide bonds. The molecule has 112 valence electrons. The van der Waals surface area contributed by atoms with E-state index in [9.17, 15) is 0 Å². The maximum Gasteiger partial charge on any atom is 0.186 e. The van der Waals surface area contributed by atoms with E-state index < -0.39 is 0 Å². The van der Waals surface area contributed by atoms with Crippen LogP contribution in [0.3, 0.4) is 0 Å². The fourth-order valence-electron chi connectivity index (χ4n) is 3.04. The number of aromatic nitrogens is 1. The van der Waals surface area contributed by atoms with Gasteiger partial charge in [-0.05, 0) is 46.0 Å². The first-order valence-electron chi connectivity index (χ1n) is 8.10. The molecule has 1 aromatic heterocycles. The summed E-state index contributed by atoms with van der Waals surface area (Å²) >= 11 is 1.92. The van der Waals surface area contributed by atoms with Crippen LogP contribution in [0.2, 0.25) is 0 Å². The number of hydrogen-bond acceptors (Lipinski definition) is 4. The molecule has 2 fully saturated rings. The summed E-state index contributed by atoms with van der Waals surface area (Å²) < 4.78 is 0. The highest BCUT2D eigenvalue weighted by atomic mass is 32.1. The maximum atomic E-state index is 4.98. The molecule has 1 N–H and O–H groups in total. The number of aryl methyl sites for hydroxylation is 1. The Morgan fingerprint density at radius 1 is 1.40 bits per heavy atom. The van der Waals surface area contributed by atoms with Crippen molar-refractivity contribution < 1.29 is 0 Å². The first-order chi connectivity index (χ1) is 9.60. The van der Waals surface area contributed by atoms with Crippen LogP contribution in [0.4, 0.5) is 5.13 Å². The Kier molecular flexibility index (Phi) is 4.04.